The summed E-state index contributed by atoms with van der Waals surface area (Å²) < 4.78 is 5.40. The smallest absolute Gasteiger partial charge is 0.249 e. The minimum atomic E-state index is -0.240. The number of rotatable bonds is 4. The molecule has 88 valence electrons. The van der Waals surface area contributed by atoms with E-state index in [2.05, 4.69) is 42.0 Å². The zero-order valence-electron chi connectivity index (χ0n) is 9.68. The second kappa shape index (κ2) is 5.30. The first-order valence-corrected chi connectivity index (χ1v) is 6.54. The van der Waals surface area contributed by atoms with Crippen LogP contribution in [0, 0.1) is 11.3 Å². The van der Waals surface area contributed by atoms with Crippen LogP contribution in [0.1, 0.15) is 27.2 Å². The number of halogens is 1. The molecule has 0 aliphatic carbocycles. The highest BCUT2D eigenvalue weighted by Crippen LogP contribution is 2.21. The first kappa shape index (κ1) is 13.0. The number of amides is 1. The third-order valence-electron chi connectivity index (χ3n) is 2.75. The molecule has 15 heavy (non-hydrogen) atoms. The average molecular weight is 278 g/mol. The minimum Gasteiger partial charge on any atom is -0.368 e. The van der Waals surface area contributed by atoms with E-state index in [1.165, 1.54) is 0 Å². The minimum absolute atomic E-state index is 0.0361. The first-order chi connectivity index (χ1) is 6.96. The fourth-order valence-corrected chi connectivity index (χ4v) is 1.70. The lowest BCUT2D eigenvalue weighted by atomic mass is 9.96. The standard InChI is InChI=1S/C11H20BrNO2/c1-8-4-5-15-9(8)10(14)13-7-11(2,3)6-12/h8-9H,4-7H2,1-3H3,(H,13,14). The lowest BCUT2D eigenvalue weighted by Gasteiger charge is -2.23. The predicted octanol–water partition coefficient (Wildman–Crippen LogP) is 1.95. The van der Waals surface area contributed by atoms with Crippen molar-refractivity contribution in [1.29, 1.82) is 0 Å². The number of nitrogens with one attached hydrogen (secondary N) is 1. The SMILES string of the molecule is CC1CCOC1C(=O)NCC(C)(C)CBr. The van der Waals surface area contributed by atoms with Crippen LogP contribution in [0.3, 0.4) is 0 Å². The van der Waals surface area contributed by atoms with Gasteiger partial charge in [0.15, 0.2) is 0 Å². The van der Waals surface area contributed by atoms with Crippen molar-refractivity contribution in [2.75, 3.05) is 18.5 Å². The van der Waals surface area contributed by atoms with E-state index in [1.807, 2.05) is 0 Å². The van der Waals surface area contributed by atoms with Crippen molar-refractivity contribution >= 4 is 21.8 Å². The molecule has 0 bridgehead atoms. The fraction of sp³-hybridized carbons (Fsp3) is 0.909. The Morgan fingerprint density at radius 3 is 2.73 bits per heavy atom. The summed E-state index contributed by atoms with van der Waals surface area (Å²) >= 11 is 3.43. The Morgan fingerprint density at radius 1 is 1.60 bits per heavy atom. The van der Waals surface area contributed by atoms with Crippen molar-refractivity contribution < 1.29 is 9.53 Å². The van der Waals surface area contributed by atoms with Crippen molar-refractivity contribution in [3.05, 3.63) is 0 Å². The van der Waals surface area contributed by atoms with E-state index < -0.39 is 0 Å². The van der Waals surface area contributed by atoms with Crippen LogP contribution in [0.15, 0.2) is 0 Å². The second-order valence-corrected chi connectivity index (χ2v) is 5.63. The van der Waals surface area contributed by atoms with Gasteiger partial charge in [0.1, 0.15) is 6.10 Å². The van der Waals surface area contributed by atoms with Crippen LogP contribution in [0.25, 0.3) is 0 Å². The Labute approximate surface area is 100 Å². The Balaban J connectivity index is 2.36. The van der Waals surface area contributed by atoms with Crippen LogP contribution in [0.2, 0.25) is 0 Å². The third kappa shape index (κ3) is 3.76. The van der Waals surface area contributed by atoms with Gasteiger partial charge in [-0.15, -0.1) is 0 Å². The Hall–Kier alpha value is -0.0900. The number of ether oxygens (including phenoxy) is 1. The van der Waals surface area contributed by atoms with Crippen molar-refractivity contribution in [2.24, 2.45) is 11.3 Å². The molecule has 3 nitrogen and oxygen atoms in total. The highest BCUT2D eigenvalue weighted by atomic mass is 79.9. The van der Waals surface area contributed by atoms with Crippen LogP contribution in [0.5, 0.6) is 0 Å². The average Bonchev–Trinajstić information content (AvgIpc) is 2.61. The summed E-state index contributed by atoms with van der Waals surface area (Å²) in [7, 11) is 0. The summed E-state index contributed by atoms with van der Waals surface area (Å²) in [6, 6.07) is 0. The number of alkyl halides is 1. The van der Waals surface area contributed by atoms with Gasteiger partial charge < -0.3 is 10.1 Å². The molecule has 1 saturated heterocycles. The summed E-state index contributed by atoms with van der Waals surface area (Å²) in [4.78, 5) is 11.8. The zero-order valence-corrected chi connectivity index (χ0v) is 11.3. The number of hydrogen-bond donors (Lipinski definition) is 1. The Morgan fingerprint density at radius 2 is 2.27 bits per heavy atom. The highest BCUT2D eigenvalue weighted by Gasteiger charge is 2.31. The Bertz CT molecular complexity index is 231. The summed E-state index contributed by atoms with van der Waals surface area (Å²) in [6.07, 6.45) is 0.746. The molecule has 2 unspecified atom stereocenters. The maximum absolute atomic E-state index is 11.8. The van der Waals surface area contributed by atoms with Crippen LogP contribution < -0.4 is 5.32 Å². The monoisotopic (exact) mass is 277 g/mol. The molecule has 0 spiro atoms. The van der Waals surface area contributed by atoms with Gasteiger partial charge >= 0.3 is 0 Å². The zero-order chi connectivity index (χ0) is 11.5. The maximum atomic E-state index is 11.8. The molecule has 1 N–H and O–H groups in total. The molecule has 0 saturated carbocycles. The molecule has 2 atom stereocenters. The molecule has 0 aromatic rings. The summed E-state index contributed by atoms with van der Waals surface area (Å²) in [5.41, 5.74) is 0.0947. The lowest BCUT2D eigenvalue weighted by molar-refractivity contribution is -0.131. The first-order valence-electron chi connectivity index (χ1n) is 5.41. The summed E-state index contributed by atoms with van der Waals surface area (Å²) in [5.74, 6) is 0.381. The van der Waals surface area contributed by atoms with E-state index in [0.29, 0.717) is 19.1 Å². The fourth-order valence-electron chi connectivity index (χ4n) is 1.50. The molecule has 0 aromatic heterocycles. The largest absolute Gasteiger partial charge is 0.368 e. The van der Waals surface area contributed by atoms with Crippen LogP contribution in [0.4, 0.5) is 0 Å². The van der Waals surface area contributed by atoms with Gasteiger partial charge in [0.05, 0.1) is 0 Å². The van der Waals surface area contributed by atoms with Crippen molar-refractivity contribution in [1.82, 2.24) is 5.32 Å². The number of carbonyl (C=O) groups is 1. The van der Waals surface area contributed by atoms with Gasteiger partial charge in [-0.2, -0.15) is 0 Å². The van der Waals surface area contributed by atoms with Crippen LogP contribution in [-0.4, -0.2) is 30.5 Å². The van der Waals surface area contributed by atoms with Gasteiger partial charge in [0.25, 0.3) is 0 Å². The van der Waals surface area contributed by atoms with Crippen molar-refractivity contribution in [3.8, 4) is 0 Å². The van der Waals surface area contributed by atoms with E-state index in [0.717, 1.165) is 11.8 Å². The number of carbonyl (C=O) groups excluding carboxylic acids is 1. The van der Waals surface area contributed by atoms with Gasteiger partial charge in [-0.05, 0) is 17.8 Å². The molecule has 0 radical (unpaired) electrons. The molecular formula is C11H20BrNO2. The molecule has 4 heteroatoms. The van der Waals surface area contributed by atoms with Gasteiger partial charge in [-0.1, -0.05) is 36.7 Å². The molecule has 1 aliphatic heterocycles. The summed E-state index contributed by atoms with van der Waals surface area (Å²) in [5, 5.41) is 3.83. The van der Waals surface area contributed by atoms with Gasteiger partial charge in [0.2, 0.25) is 5.91 Å². The second-order valence-electron chi connectivity index (χ2n) is 5.07. The molecule has 1 rings (SSSR count). The van der Waals surface area contributed by atoms with Gasteiger partial charge in [-0.3, -0.25) is 4.79 Å². The van der Waals surface area contributed by atoms with E-state index in [-0.39, 0.29) is 17.4 Å². The molecule has 1 fully saturated rings. The molecule has 1 heterocycles. The van der Waals surface area contributed by atoms with E-state index in [4.69, 9.17) is 4.74 Å². The third-order valence-corrected chi connectivity index (χ3v) is 4.27. The normalized spacial score (nSPS) is 26.7. The van der Waals surface area contributed by atoms with Crippen LogP contribution >= 0.6 is 15.9 Å². The van der Waals surface area contributed by atoms with Crippen molar-refractivity contribution in [2.45, 2.75) is 33.3 Å². The molecular weight excluding hydrogens is 258 g/mol. The number of hydrogen-bond acceptors (Lipinski definition) is 2. The quantitative estimate of drug-likeness (QED) is 0.798. The van der Waals surface area contributed by atoms with Crippen LogP contribution in [-0.2, 0) is 9.53 Å². The van der Waals surface area contributed by atoms with Gasteiger partial charge in [-0.25, -0.2) is 0 Å². The molecule has 1 aliphatic rings. The highest BCUT2D eigenvalue weighted by molar-refractivity contribution is 9.09. The van der Waals surface area contributed by atoms with E-state index in [9.17, 15) is 4.79 Å². The summed E-state index contributed by atoms with van der Waals surface area (Å²) in [6.45, 7) is 7.68. The molecule has 0 aromatic carbocycles. The Kier molecular flexibility index (Phi) is 4.59. The van der Waals surface area contributed by atoms with E-state index in [1.54, 1.807) is 0 Å². The maximum Gasteiger partial charge on any atom is 0.249 e. The van der Waals surface area contributed by atoms with E-state index >= 15 is 0 Å². The van der Waals surface area contributed by atoms with Crippen molar-refractivity contribution in [3.63, 3.8) is 0 Å². The topological polar surface area (TPSA) is 38.3 Å². The predicted molar refractivity (Wildman–Crippen MR) is 64.1 cm³/mol. The lowest BCUT2D eigenvalue weighted by Crippen LogP contribution is -2.42. The molecule has 1 amide bonds. The van der Waals surface area contributed by atoms with Gasteiger partial charge in [0, 0.05) is 18.5 Å².